The molecule has 8 nitrogen and oxygen atoms in total. The van der Waals surface area contributed by atoms with Crippen LogP contribution in [0.4, 0.5) is 0 Å². The van der Waals surface area contributed by atoms with Gasteiger partial charge in [0.05, 0.1) is 22.6 Å². The van der Waals surface area contributed by atoms with E-state index < -0.39 is 17.4 Å². The number of thiocarbonyl (C=S) groups is 1. The van der Waals surface area contributed by atoms with Crippen LogP contribution in [0.3, 0.4) is 0 Å². The first-order chi connectivity index (χ1) is 17.4. The Bertz CT molecular complexity index is 1810. The molecule has 0 atom stereocenters. The van der Waals surface area contributed by atoms with Gasteiger partial charge in [-0.05, 0) is 42.6 Å². The van der Waals surface area contributed by atoms with Crippen molar-refractivity contribution in [3.63, 3.8) is 0 Å². The number of para-hydroxylation sites is 1. The zero-order valence-electron chi connectivity index (χ0n) is 18.1. The Morgan fingerprint density at radius 1 is 1.03 bits per heavy atom. The van der Waals surface area contributed by atoms with Crippen molar-refractivity contribution in [3.05, 3.63) is 86.7 Å². The van der Waals surface area contributed by atoms with E-state index in [-0.39, 0.29) is 10.7 Å². The number of carbonyl (C=O) groups excluding carboxylic acids is 2. The van der Waals surface area contributed by atoms with Crippen molar-refractivity contribution in [2.45, 2.75) is 0 Å². The molecule has 2 amide bonds. The van der Waals surface area contributed by atoms with Crippen LogP contribution in [-0.2, 0) is 9.59 Å². The lowest BCUT2D eigenvalue weighted by Gasteiger charge is -2.16. The number of aromatic nitrogens is 2. The number of carbonyl (C=O) groups is 2. The first-order valence-electron chi connectivity index (χ1n) is 10.6. The molecular formula is C25H13ClN4O4S2. The standard InChI is InChI=1S/C25H13ClN4O4S2/c26-14-7-5-12(6-8-14)20-17(10-16-21(31)28-24(35)29-22(16)32)30-18(11-36-25(30)27-20)15-9-13-3-1-2-4-19(13)34-23(15)33/h1-11H,(H2,28,29,31,32,35). The number of nitrogens with zero attached hydrogens (tertiary/aromatic N) is 2. The van der Waals surface area contributed by atoms with Crippen molar-refractivity contribution in [2.24, 2.45) is 0 Å². The van der Waals surface area contributed by atoms with Gasteiger partial charge in [-0.2, -0.15) is 0 Å². The fourth-order valence-corrected chi connectivity index (χ4v) is 5.21. The molecule has 2 N–H and O–H groups in total. The zero-order valence-corrected chi connectivity index (χ0v) is 20.5. The summed E-state index contributed by atoms with van der Waals surface area (Å²) in [6, 6.07) is 16.0. The summed E-state index contributed by atoms with van der Waals surface area (Å²) in [7, 11) is 0. The van der Waals surface area contributed by atoms with Gasteiger partial charge in [0.1, 0.15) is 11.2 Å². The van der Waals surface area contributed by atoms with E-state index >= 15 is 0 Å². The Kier molecular flexibility index (Phi) is 5.29. The summed E-state index contributed by atoms with van der Waals surface area (Å²) < 4.78 is 7.28. The van der Waals surface area contributed by atoms with E-state index in [1.165, 1.54) is 17.4 Å². The van der Waals surface area contributed by atoms with Gasteiger partial charge in [0, 0.05) is 21.4 Å². The maximum absolute atomic E-state index is 13.0. The van der Waals surface area contributed by atoms with Crippen molar-refractivity contribution < 1.29 is 14.0 Å². The molecule has 176 valence electrons. The average Bonchev–Trinajstić information content (AvgIpc) is 3.41. The predicted octanol–water partition coefficient (Wildman–Crippen LogP) is 4.40. The van der Waals surface area contributed by atoms with Gasteiger partial charge < -0.3 is 4.42 Å². The summed E-state index contributed by atoms with van der Waals surface area (Å²) in [5, 5.41) is 7.90. The second-order valence-corrected chi connectivity index (χ2v) is 9.55. The van der Waals surface area contributed by atoms with Gasteiger partial charge in [-0.1, -0.05) is 41.9 Å². The van der Waals surface area contributed by atoms with Crippen LogP contribution in [0.1, 0.15) is 5.69 Å². The fraction of sp³-hybridized carbons (Fsp3) is 0. The fourth-order valence-electron chi connectivity index (χ4n) is 4.01. The Balaban J connectivity index is 1.64. The van der Waals surface area contributed by atoms with E-state index in [4.69, 9.17) is 33.2 Å². The van der Waals surface area contributed by atoms with Crippen LogP contribution in [-0.4, -0.2) is 26.3 Å². The normalized spacial score (nSPS) is 13.8. The lowest BCUT2D eigenvalue weighted by molar-refractivity contribution is -0.123. The van der Waals surface area contributed by atoms with Gasteiger partial charge in [-0.25, -0.2) is 9.78 Å². The van der Waals surface area contributed by atoms with E-state index in [1.807, 2.05) is 12.1 Å². The average molecular weight is 533 g/mol. The quantitative estimate of drug-likeness (QED) is 0.154. The Hall–Kier alpha value is -4.12. The van der Waals surface area contributed by atoms with Gasteiger partial charge >= 0.3 is 5.63 Å². The third-order valence-corrected chi connectivity index (χ3v) is 6.94. The molecule has 0 bridgehead atoms. The molecule has 2 aromatic carbocycles. The van der Waals surface area contributed by atoms with Crippen molar-refractivity contribution in [3.8, 4) is 22.5 Å². The van der Waals surface area contributed by atoms with Crippen LogP contribution in [0.2, 0.25) is 5.02 Å². The molecule has 4 heterocycles. The summed E-state index contributed by atoms with van der Waals surface area (Å²) in [6.45, 7) is 0. The number of imidazole rings is 1. The third kappa shape index (κ3) is 3.72. The minimum Gasteiger partial charge on any atom is -0.422 e. The van der Waals surface area contributed by atoms with Crippen LogP contribution >= 0.6 is 35.2 Å². The SMILES string of the molecule is O=C1NC(=S)NC(=O)C1=Cc1c(-c2ccc(Cl)cc2)nc2scc(-c3cc4ccccc4oc3=O)n12. The molecular weight excluding hydrogens is 520 g/mol. The Morgan fingerprint density at radius 3 is 2.50 bits per heavy atom. The molecule has 1 saturated heterocycles. The predicted molar refractivity (Wildman–Crippen MR) is 142 cm³/mol. The third-order valence-electron chi connectivity index (χ3n) is 5.66. The molecule has 0 spiro atoms. The van der Waals surface area contributed by atoms with Crippen molar-refractivity contribution in [2.75, 3.05) is 0 Å². The molecule has 1 fully saturated rings. The number of nitrogens with one attached hydrogen (secondary N) is 2. The Morgan fingerprint density at radius 2 is 1.75 bits per heavy atom. The van der Waals surface area contributed by atoms with Crippen LogP contribution < -0.4 is 16.3 Å². The molecule has 5 aromatic rings. The van der Waals surface area contributed by atoms with E-state index in [1.54, 1.807) is 52.2 Å². The number of amides is 2. The number of halogens is 1. The Labute approximate surface area is 216 Å². The summed E-state index contributed by atoms with van der Waals surface area (Å²) >= 11 is 12.3. The second-order valence-electron chi connectivity index (χ2n) is 7.87. The molecule has 6 rings (SSSR count). The molecule has 3 aromatic heterocycles. The largest absolute Gasteiger partial charge is 0.422 e. The number of fused-ring (bicyclic) bond motifs is 2. The lowest BCUT2D eigenvalue weighted by atomic mass is 10.1. The van der Waals surface area contributed by atoms with Crippen molar-refractivity contribution in [1.29, 1.82) is 0 Å². The first kappa shape index (κ1) is 22.4. The minimum absolute atomic E-state index is 0.0662. The van der Waals surface area contributed by atoms with Crippen molar-refractivity contribution in [1.82, 2.24) is 20.0 Å². The molecule has 0 saturated carbocycles. The monoisotopic (exact) mass is 532 g/mol. The van der Waals surface area contributed by atoms with Crippen molar-refractivity contribution >= 4 is 74.1 Å². The molecule has 11 heteroatoms. The number of hydrogen-bond donors (Lipinski definition) is 2. The number of thiazole rings is 1. The van der Waals surface area contributed by atoms with Gasteiger partial charge in [-0.3, -0.25) is 24.6 Å². The highest BCUT2D eigenvalue weighted by molar-refractivity contribution is 7.80. The van der Waals surface area contributed by atoms with Gasteiger partial charge in [0.15, 0.2) is 10.1 Å². The highest BCUT2D eigenvalue weighted by atomic mass is 35.5. The molecule has 0 unspecified atom stereocenters. The smallest absolute Gasteiger partial charge is 0.345 e. The van der Waals surface area contributed by atoms with E-state index in [0.29, 0.717) is 43.8 Å². The summed E-state index contributed by atoms with van der Waals surface area (Å²) in [5.41, 5.74) is 2.29. The summed E-state index contributed by atoms with van der Waals surface area (Å²) in [5.74, 6) is -1.27. The van der Waals surface area contributed by atoms with Crippen LogP contribution in [0.5, 0.6) is 0 Å². The van der Waals surface area contributed by atoms with Crippen LogP contribution in [0.25, 0.3) is 44.5 Å². The number of benzene rings is 2. The highest BCUT2D eigenvalue weighted by Crippen LogP contribution is 2.34. The maximum Gasteiger partial charge on any atom is 0.345 e. The minimum atomic E-state index is -0.636. The molecule has 1 aliphatic rings. The lowest BCUT2D eigenvalue weighted by Crippen LogP contribution is -2.51. The summed E-state index contributed by atoms with van der Waals surface area (Å²) in [6.07, 6.45) is 1.44. The molecule has 36 heavy (non-hydrogen) atoms. The van der Waals surface area contributed by atoms with Crippen LogP contribution in [0, 0.1) is 0 Å². The van der Waals surface area contributed by atoms with E-state index in [0.717, 1.165) is 5.39 Å². The van der Waals surface area contributed by atoms with Gasteiger partial charge in [0.2, 0.25) is 0 Å². The number of hydrogen-bond acceptors (Lipinski definition) is 7. The van der Waals surface area contributed by atoms with Crippen LogP contribution in [0.15, 0.2) is 74.8 Å². The zero-order chi connectivity index (χ0) is 25.0. The summed E-state index contributed by atoms with van der Waals surface area (Å²) in [4.78, 5) is 43.5. The maximum atomic E-state index is 13.0. The second kappa shape index (κ2) is 8.52. The van der Waals surface area contributed by atoms with Gasteiger partial charge in [-0.15, -0.1) is 11.3 Å². The van der Waals surface area contributed by atoms with E-state index in [2.05, 4.69) is 10.6 Å². The topological polar surface area (TPSA) is 106 Å². The molecule has 0 radical (unpaired) electrons. The van der Waals surface area contributed by atoms with E-state index in [9.17, 15) is 14.4 Å². The number of rotatable bonds is 3. The molecule has 0 aliphatic carbocycles. The molecule has 1 aliphatic heterocycles. The highest BCUT2D eigenvalue weighted by Gasteiger charge is 2.28. The first-order valence-corrected chi connectivity index (χ1v) is 12.2. The van der Waals surface area contributed by atoms with Gasteiger partial charge in [0.25, 0.3) is 11.8 Å².